The second-order valence-corrected chi connectivity index (χ2v) is 6.59. The minimum absolute atomic E-state index is 0.354. The van der Waals surface area contributed by atoms with Crippen LogP contribution in [0.2, 0.25) is 5.02 Å². The summed E-state index contributed by atoms with van der Waals surface area (Å²) in [5.41, 5.74) is 2.96. The van der Waals surface area contributed by atoms with E-state index < -0.39 is 18.5 Å². The monoisotopic (exact) mass is 388 g/mol. The average molecular weight is 389 g/mol. The number of amides is 1. The molecule has 0 spiro atoms. The number of nitrogens with one attached hydrogen (secondary N) is 1. The quantitative estimate of drug-likeness (QED) is 0.497. The molecule has 3 aromatic rings. The van der Waals surface area contributed by atoms with Gasteiger partial charge in [-0.25, -0.2) is 10.2 Å². The Morgan fingerprint density at radius 3 is 2.69 bits per heavy atom. The lowest BCUT2D eigenvalue weighted by atomic mass is 10.2. The topological polar surface area (TPSA) is 88.0 Å². The molecule has 1 aromatic heterocycles. The van der Waals surface area contributed by atoms with Crippen molar-refractivity contribution in [2.75, 3.05) is 6.61 Å². The largest absolute Gasteiger partial charge is 0.481 e. The number of ether oxygens (including phenoxy) is 1. The molecule has 0 atom stereocenters. The average Bonchev–Trinajstić information content (AvgIpc) is 2.98. The number of fused-ring (bicyclic) bond motifs is 1. The van der Waals surface area contributed by atoms with Crippen LogP contribution >= 0.6 is 22.9 Å². The predicted octanol–water partition coefficient (Wildman–Crippen LogP) is 3.78. The summed E-state index contributed by atoms with van der Waals surface area (Å²) >= 11 is 7.55. The zero-order chi connectivity index (χ0) is 18.5. The van der Waals surface area contributed by atoms with Crippen LogP contribution in [0.1, 0.15) is 15.2 Å². The molecule has 0 saturated heterocycles. The zero-order valence-electron chi connectivity index (χ0n) is 13.3. The van der Waals surface area contributed by atoms with Gasteiger partial charge in [-0.15, -0.1) is 11.3 Å². The molecule has 1 heterocycles. The Labute approximate surface area is 157 Å². The van der Waals surface area contributed by atoms with Crippen LogP contribution in [-0.2, 0) is 4.79 Å². The number of thiophene rings is 1. The standard InChI is InChI=1S/C18H13ClN2O4S/c19-16-12-6-2-4-8-14(12)26-17(16)18(24)21-20-9-11-5-1-3-7-13(11)25-10-15(22)23/h1-9H,10H2,(H,21,24)(H,22,23). The van der Waals surface area contributed by atoms with Gasteiger partial charge in [0, 0.05) is 15.6 Å². The third-order valence-electron chi connectivity index (χ3n) is 3.38. The molecule has 2 aromatic carbocycles. The number of para-hydroxylation sites is 1. The molecule has 3 rings (SSSR count). The van der Waals surface area contributed by atoms with E-state index >= 15 is 0 Å². The number of hydrogen-bond acceptors (Lipinski definition) is 5. The number of hydrazone groups is 1. The van der Waals surface area contributed by atoms with Crippen LogP contribution in [0.25, 0.3) is 10.1 Å². The van der Waals surface area contributed by atoms with Gasteiger partial charge in [0.05, 0.1) is 11.2 Å². The van der Waals surface area contributed by atoms with Crippen molar-refractivity contribution < 1.29 is 19.4 Å². The lowest BCUT2D eigenvalue weighted by Crippen LogP contribution is -2.16. The number of aliphatic carboxylic acids is 1. The fraction of sp³-hybridized carbons (Fsp3) is 0.0556. The van der Waals surface area contributed by atoms with Crippen molar-refractivity contribution in [3.8, 4) is 5.75 Å². The highest BCUT2D eigenvalue weighted by Crippen LogP contribution is 2.34. The summed E-state index contributed by atoms with van der Waals surface area (Å²) in [6.07, 6.45) is 1.39. The maximum atomic E-state index is 12.3. The highest BCUT2D eigenvalue weighted by molar-refractivity contribution is 7.21. The first-order valence-corrected chi connectivity index (χ1v) is 8.70. The Balaban J connectivity index is 1.73. The van der Waals surface area contributed by atoms with E-state index in [-0.39, 0.29) is 0 Å². The van der Waals surface area contributed by atoms with Gasteiger partial charge in [0.1, 0.15) is 10.6 Å². The normalized spacial score (nSPS) is 11.0. The van der Waals surface area contributed by atoms with E-state index in [4.69, 9.17) is 21.4 Å². The van der Waals surface area contributed by atoms with Crippen molar-refractivity contribution >= 4 is 51.1 Å². The Morgan fingerprint density at radius 1 is 1.19 bits per heavy atom. The molecule has 1 amide bonds. The number of carboxylic acids is 1. The van der Waals surface area contributed by atoms with Gasteiger partial charge >= 0.3 is 5.97 Å². The number of hydrogen-bond donors (Lipinski definition) is 2. The van der Waals surface area contributed by atoms with Crippen LogP contribution in [0.4, 0.5) is 0 Å². The molecule has 0 fully saturated rings. The fourth-order valence-electron chi connectivity index (χ4n) is 2.23. The van der Waals surface area contributed by atoms with Gasteiger partial charge < -0.3 is 9.84 Å². The molecular weight excluding hydrogens is 376 g/mol. The molecule has 6 nitrogen and oxygen atoms in total. The van der Waals surface area contributed by atoms with Crippen LogP contribution in [-0.4, -0.2) is 29.8 Å². The van der Waals surface area contributed by atoms with Crippen LogP contribution in [0, 0.1) is 0 Å². The second-order valence-electron chi connectivity index (χ2n) is 5.16. The van der Waals surface area contributed by atoms with Crippen molar-refractivity contribution in [1.29, 1.82) is 0 Å². The maximum absolute atomic E-state index is 12.3. The van der Waals surface area contributed by atoms with E-state index in [0.717, 1.165) is 10.1 Å². The number of rotatable bonds is 6. The van der Waals surface area contributed by atoms with E-state index in [2.05, 4.69) is 10.5 Å². The summed E-state index contributed by atoms with van der Waals surface area (Å²) < 4.78 is 6.09. The minimum atomic E-state index is -1.08. The third-order valence-corrected chi connectivity index (χ3v) is 5.06. The lowest BCUT2D eigenvalue weighted by Gasteiger charge is -2.06. The lowest BCUT2D eigenvalue weighted by molar-refractivity contribution is -0.139. The first-order chi connectivity index (χ1) is 12.6. The van der Waals surface area contributed by atoms with E-state index in [0.29, 0.717) is 21.2 Å². The maximum Gasteiger partial charge on any atom is 0.341 e. The SMILES string of the molecule is O=C(O)COc1ccccc1C=NNC(=O)c1sc2ccccc2c1Cl. The van der Waals surface area contributed by atoms with E-state index in [9.17, 15) is 9.59 Å². The molecule has 0 aliphatic heterocycles. The van der Waals surface area contributed by atoms with Crippen molar-refractivity contribution in [3.05, 3.63) is 64.0 Å². The predicted molar refractivity (Wildman–Crippen MR) is 101 cm³/mol. The molecule has 0 unspecified atom stereocenters. The molecule has 132 valence electrons. The molecular formula is C18H13ClN2O4S. The number of carboxylic acid groups (broad SMARTS) is 1. The summed E-state index contributed by atoms with van der Waals surface area (Å²) in [7, 11) is 0. The van der Waals surface area contributed by atoms with Crippen LogP contribution < -0.4 is 10.2 Å². The first-order valence-electron chi connectivity index (χ1n) is 7.50. The highest BCUT2D eigenvalue weighted by Gasteiger charge is 2.16. The summed E-state index contributed by atoms with van der Waals surface area (Å²) in [6, 6.07) is 14.3. The second kappa shape index (κ2) is 7.99. The van der Waals surface area contributed by atoms with Gasteiger partial charge in [-0.3, -0.25) is 4.79 Å². The van der Waals surface area contributed by atoms with Crippen LogP contribution in [0.15, 0.2) is 53.6 Å². The van der Waals surface area contributed by atoms with Gasteiger partial charge in [-0.2, -0.15) is 5.10 Å². The number of carbonyl (C=O) groups is 2. The highest BCUT2D eigenvalue weighted by atomic mass is 35.5. The molecule has 0 aliphatic carbocycles. The molecule has 0 radical (unpaired) electrons. The summed E-state index contributed by atoms with van der Waals surface area (Å²) in [5, 5.41) is 13.8. The van der Waals surface area contributed by atoms with Gasteiger partial charge in [0.2, 0.25) is 0 Å². The number of halogens is 1. The first kappa shape index (κ1) is 17.9. The molecule has 26 heavy (non-hydrogen) atoms. The molecule has 0 saturated carbocycles. The Morgan fingerprint density at radius 2 is 1.92 bits per heavy atom. The third kappa shape index (κ3) is 4.01. The van der Waals surface area contributed by atoms with Crippen LogP contribution in [0.3, 0.4) is 0 Å². The van der Waals surface area contributed by atoms with Crippen LogP contribution in [0.5, 0.6) is 5.75 Å². The summed E-state index contributed by atoms with van der Waals surface area (Å²) in [4.78, 5) is 23.3. The van der Waals surface area contributed by atoms with Crippen molar-refractivity contribution in [2.24, 2.45) is 5.10 Å². The summed E-state index contributed by atoms with van der Waals surface area (Å²) in [6.45, 7) is -0.464. The van der Waals surface area contributed by atoms with E-state index in [1.54, 1.807) is 24.3 Å². The van der Waals surface area contributed by atoms with Crippen molar-refractivity contribution in [1.82, 2.24) is 5.43 Å². The number of nitrogens with zero attached hydrogens (tertiary/aromatic N) is 1. The van der Waals surface area contributed by atoms with Gasteiger partial charge in [0.25, 0.3) is 5.91 Å². The van der Waals surface area contributed by atoms with E-state index in [1.807, 2.05) is 24.3 Å². The summed E-state index contributed by atoms with van der Waals surface area (Å²) in [5.74, 6) is -1.14. The number of benzene rings is 2. The molecule has 2 N–H and O–H groups in total. The molecule has 8 heteroatoms. The minimum Gasteiger partial charge on any atom is -0.481 e. The van der Waals surface area contributed by atoms with E-state index in [1.165, 1.54) is 17.6 Å². The Bertz CT molecular complexity index is 1000. The fourth-order valence-corrected chi connectivity index (χ4v) is 3.64. The van der Waals surface area contributed by atoms with Crippen molar-refractivity contribution in [3.63, 3.8) is 0 Å². The number of carbonyl (C=O) groups excluding carboxylic acids is 1. The zero-order valence-corrected chi connectivity index (χ0v) is 14.9. The molecule has 0 aliphatic rings. The van der Waals surface area contributed by atoms with Gasteiger partial charge in [-0.05, 0) is 18.2 Å². The Hall–Kier alpha value is -2.90. The van der Waals surface area contributed by atoms with Crippen molar-refractivity contribution in [2.45, 2.75) is 0 Å². The van der Waals surface area contributed by atoms with Gasteiger partial charge in [0.15, 0.2) is 6.61 Å². The molecule has 0 bridgehead atoms. The van der Waals surface area contributed by atoms with Gasteiger partial charge in [-0.1, -0.05) is 41.9 Å². The smallest absolute Gasteiger partial charge is 0.341 e. The Kier molecular flexibility index (Phi) is 5.50.